The number of carbonyl (C=O) groups excluding carboxylic acids is 1. The topological polar surface area (TPSA) is 44.8 Å². The summed E-state index contributed by atoms with van der Waals surface area (Å²) in [5, 5.41) is 0. The zero-order chi connectivity index (χ0) is 18.3. The lowest BCUT2D eigenvalue weighted by Crippen LogP contribution is -2.53. The average Bonchev–Trinajstić information content (AvgIpc) is 2.67. The third-order valence-corrected chi connectivity index (χ3v) is 11.6. The molecule has 0 bridgehead atoms. The highest BCUT2D eigenvalue weighted by Crippen LogP contribution is 2.45. The van der Waals surface area contributed by atoms with Crippen LogP contribution in [0, 0.1) is 0 Å². The van der Waals surface area contributed by atoms with E-state index < -0.39 is 14.1 Å². The lowest BCUT2D eigenvalue weighted by atomic mass is 10.1. The monoisotopic (exact) mass is 354 g/mol. The van der Waals surface area contributed by atoms with Crippen LogP contribution >= 0.6 is 0 Å². The van der Waals surface area contributed by atoms with Crippen molar-refractivity contribution in [1.29, 1.82) is 0 Å². The molecule has 0 amide bonds. The predicted octanol–water partition coefficient (Wildman–Crippen LogP) is 4.60. The van der Waals surface area contributed by atoms with Gasteiger partial charge in [-0.15, -0.1) is 0 Å². The van der Waals surface area contributed by atoms with Crippen LogP contribution in [0.25, 0.3) is 0 Å². The van der Waals surface area contributed by atoms with E-state index in [1.54, 1.807) is 6.08 Å². The number of ketones is 1. The van der Waals surface area contributed by atoms with E-state index in [9.17, 15) is 4.79 Å². The zero-order valence-corrected chi connectivity index (χ0v) is 17.5. The molecule has 1 heterocycles. The Balaban J connectivity index is 2.35. The summed E-state index contributed by atoms with van der Waals surface area (Å²) in [5.41, 5.74) is 1.41. The highest BCUT2D eigenvalue weighted by atomic mass is 28.4. The minimum Gasteiger partial charge on any atom is -0.410 e. The van der Waals surface area contributed by atoms with Crippen molar-refractivity contribution in [1.82, 2.24) is 0 Å². The lowest BCUT2D eigenvalue weighted by molar-refractivity contribution is -0.154. The van der Waals surface area contributed by atoms with Gasteiger partial charge in [0.2, 0.25) is 8.32 Å². The molecule has 0 aromatic carbocycles. The van der Waals surface area contributed by atoms with Crippen LogP contribution < -0.4 is 0 Å². The molecule has 4 nitrogen and oxygen atoms in total. The van der Waals surface area contributed by atoms with Crippen LogP contribution in [0.15, 0.2) is 12.2 Å². The zero-order valence-electron chi connectivity index (χ0n) is 16.5. The first-order valence-electron chi connectivity index (χ1n) is 9.24. The van der Waals surface area contributed by atoms with Crippen LogP contribution in [0.4, 0.5) is 0 Å². The van der Waals surface area contributed by atoms with Gasteiger partial charge in [0.1, 0.15) is 12.2 Å². The van der Waals surface area contributed by atoms with Gasteiger partial charge in [0.15, 0.2) is 11.6 Å². The van der Waals surface area contributed by atoms with E-state index in [4.69, 9.17) is 13.9 Å². The largest absolute Gasteiger partial charge is 0.410 e. The van der Waals surface area contributed by atoms with Crippen LogP contribution in [0.1, 0.15) is 61.8 Å². The minimum atomic E-state index is -2.09. The Bertz CT molecular complexity index is 474. The van der Waals surface area contributed by atoms with E-state index in [0.717, 1.165) is 0 Å². The fourth-order valence-electron chi connectivity index (χ4n) is 4.62. The Morgan fingerprint density at radius 2 is 1.62 bits per heavy atom. The van der Waals surface area contributed by atoms with Gasteiger partial charge in [-0.2, -0.15) is 0 Å². The third kappa shape index (κ3) is 3.69. The summed E-state index contributed by atoms with van der Waals surface area (Å²) in [5.74, 6) is -0.544. The second-order valence-electron chi connectivity index (χ2n) is 8.57. The van der Waals surface area contributed by atoms with E-state index >= 15 is 0 Å². The predicted molar refractivity (Wildman–Crippen MR) is 98.5 cm³/mol. The van der Waals surface area contributed by atoms with Gasteiger partial charge in [-0.05, 0) is 42.6 Å². The second-order valence-corrected chi connectivity index (χ2v) is 14.0. The molecular formula is C19H34O4Si. The van der Waals surface area contributed by atoms with Crippen molar-refractivity contribution >= 4 is 14.1 Å². The summed E-state index contributed by atoms with van der Waals surface area (Å²) < 4.78 is 19.0. The van der Waals surface area contributed by atoms with E-state index in [1.807, 2.05) is 19.9 Å². The maximum Gasteiger partial charge on any atom is 0.200 e. The number of ether oxygens (including phenoxy) is 2. The van der Waals surface area contributed by atoms with Gasteiger partial charge in [-0.1, -0.05) is 41.5 Å². The second kappa shape index (κ2) is 7.02. The molecule has 1 fully saturated rings. The van der Waals surface area contributed by atoms with Crippen molar-refractivity contribution < 1.29 is 18.7 Å². The molecule has 0 spiro atoms. The van der Waals surface area contributed by atoms with E-state index in [1.165, 1.54) is 0 Å². The standard InChI is InChI=1S/C19H34O4Si/c1-12(2)24(13(3)4,14(5)6)23-17-11-15(20)9-10-16-18(17)22-19(7,8)21-16/h9-10,12-14,16-18H,11H2,1-8H3/t16-,17+,18+/m1/s1. The molecule has 138 valence electrons. The first-order valence-corrected chi connectivity index (χ1v) is 11.4. The van der Waals surface area contributed by atoms with Crippen LogP contribution in [0.2, 0.25) is 16.6 Å². The molecule has 0 aromatic heterocycles. The fraction of sp³-hybridized carbons (Fsp3) is 0.842. The number of hydrogen-bond donors (Lipinski definition) is 0. The smallest absolute Gasteiger partial charge is 0.200 e. The highest BCUT2D eigenvalue weighted by molar-refractivity contribution is 6.77. The Morgan fingerprint density at radius 3 is 2.12 bits per heavy atom. The molecule has 0 aromatic rings. The normalized spacial score (nSPS) is 30.3. The molecule has 24 heavy (non-hydrogen) atoms. The summed E-state index contributed by atoms with van der Waals surface area (Å²) in [4.78, 5) is 12.2. The first kappa shape index (κ1) is 19.8. The summed E-state index contributed by atoms with van der Waals surface area (Å²) in [6.45, 7) is 17.4. The van der Waals surface area contributed by atoms with Gasteiger partial charge >= 0.3 is 0 Å². The molecule has 2 aliphatic rings. The molecule has 1 saturated heterocycles. The Hall–Kier alpha value is -0.493. The molecule has 1 aliphatic heterocycles. The molecule has 2 rings (SSSR count). The van der Waals surface area contributed by atoms with Gasteiger partial charge in [-0.25, -0.2) is 0 Å². The molecule has 0 radical (unpaired) electrons. The molecule has 3 atom stereocenters. The van der Waals surface area contributed by atoms with Crippen LogP contribution in [0.5, 0.6) is 0 Å². The van der Waals surface area contributed by atoms with E-state index in [0.29, 0.717) is 23.0 Å². The van der Waals surface area contributed by atoms with Crippen molar-refractivity contribution in [3.05, 3.63) is 12.2 Å². The summed E-state index contributed by atoms with van der Waals surface area (Å²) >= 11 is 0. The molecule has 0 unspecified atom stereocenters. The SMILES string of the molecule is CC(C)[Si](O[C@H]1CC(=O)C=C[C@H]2OC(C)(C)O[C@H]12)(C(C)C)C(C)C. The van der Waals surface area contributed by atoms with Crippen molar-refractivity contribution in [2.45, 2.75) is 103 Å². The van der Waals surface area contributed by atoms with Gasteiger partial charge < -0.3 is 13.9 Å². The number of fused-ring (bicyclic) bond motifs is 1. The molecule has 0 saturated carbocycles. The lowest BCUT2D eigenvalue weighted by Gasteiger charge is -2.45. The summed E-state index contributed by atoms with van der Waals surface area (Å²) in [6.07, 6.45) is 3.18. The van der Waals surface area contributed by atoms with Crippen molar-refractivity contribution in [2.75, 3.05) is 0 Å². The van der Waals surface area contributed by atoms with E-state index in [2.05, 4.69) is 41.5 Å². The van der Waals surface area contributed by atoms with Crippen LogP contribution in [-0.4, -0.2) is 38.2 Å². The minimum absolute atomic E-state index is 0.0959. The Labute approximate surface area is 148 Å². The van der Waals surface area contributed by atoms with Gasteiger partial charge in [0.25, 0.3) is 0 Å². The quantitative estimate of drug-likeness (QED) is 0.677. The van der Waals surface area contributed by atoms with Gasteiger partial charge in [0.05, 0.1) is 6.10 Å². The number of carbonyl (C=O) groups is 1. The number of rotatable bonds is 5. The number of allylic oxidation sites excluding steroid dienone is 1. The molecule has 5 heteroatoms. The first-order chi connectivity index (χ1) is 11.0. The average molecular weight is 355 g/mol. The molecule has 0 N–H and O–H groups in total. The van der Waals surface area contributed by atoms with Gasteiger partial charge in [-0.3, -0.25) is 4.79 Å². The summed E-state index contributed by atoms with van der Waals surface area (Å²) in [6, 6.07) is 0. The third-order valence-electron chi connectivity index (χ3n) is 5.47. The molecule has 1 aliphatic carbocycles. The van der Waals surface area contributed by atoms with Crippen molar-refractivity contribution in [2.24, 2.45) is 0 Å². The number of hydrogen-bond acceptors (Lipinski definition) is 4. The maximum absolute atomic E-state index is 12.2. The summed E-state index contributed by atoms with van der Waals surface area (Å²) in [7, 11) is -2.09. The van der Waals surface area contributed by atoms with E-state index in [-0.39, 0.29) is 24.1 Å². The highest BCUT2D eigenvalue weighted by Gasteiger charge is 2.52. The van der Waals surface area contributed by atoms with Crippen LogP contribution in [-0.2, 0) is 18.7 Å². The van der Waals surface area contributed by atoms with Crippen LogP contribution in [0.3, 0.4) is 0 Å². The van der Waals surface area contributed by atoms with Crippen molar-refractivity contribution in [3.63, 3.8) is 0 Å². The molecular weight excluding hydrogens is 320 g/mol. The van der Waals surface area contributed by atoms with Gasteiger partial charge in [0, 0.05) is 6.42 Å². The maximum atomic E-state index is 12.2. The Morgan fingerprint density at radius 1 is 1.08 bits per heavy atom. The van der Waals surface area contributed by atoms with Crippen molar-refractivity contribution in [3.8, 4) is 0 Å². The Kier molecular flexibility index (Phi) is 5.80. The fourth-order valence-corrected chi connectivity index (χ4v) is 10.2.